The average molecular weight is 374 g/mol. The summed E-state index contributed by atoms with van der Waals surface area (Å²) in [7, 11) is 0. The van der Waals surface area contributed by atoms with Crippen LogP contribution in [-0.4, -0.2) is 11.5 Å². The standard InChI is InChI=1S/C15H11BrClFOS/c16-11-2-1-10(15(17)8-11)7-13(19)9-20-14-5-3-12(18)4-6-14/h1-6,8H,7,9H2. The Morgan fingerprint density at radius 1 is 1.20 bits per heavy atom. The van der Waals surface area contributed by atoms with Crippen molar-refractivity contribution < 1.29 is 9.18 Å². The summed E-state index contributed by atoms with van der Waals surface area (Å²) in [6, 6.07) is 11.6. The minimum Gasteiger partial charge on any atom is -0.298 e. The molecule has 0 amide bonds. The first-order valence-corrected chi connectivity index (χ1v) is 8.04. The van der Waals surface area contributed by atoms with Crippen LogP contribution in [0.2, 0.25) is 5.02 Å². The van der Waals surface area contributed by atoms with E-state index >= 15 is 0 Å². The van der Waals surface area contributed by atoms with E-state index < -0.39 is 0 Å². The first-order chi connectivity index (χ1) is 9.54. The molecule has 0 spiro atoms. The summed E-state index contributed by atoms with van der Waals surface area (Å²) in [6.45, 7) is 0. The van der Waals surface area contributed by atoms with Gasteiger partial charge in [0.25, 0.3) is 0 Å². The predicted molar refractivity (Wildman–Crippen MR) is 85.0 cm³/mol. The van der Waals surface area contributed by atoms with Crippen molar-refractivity contribution in [3.05, 3.63) is 63.3 Å². The van der Waals surface area contributed by atoms with E-state index in [-0.39, 0.29) is 11.6 Å². The lowest BCUT2D eigenvalue weighted by Gasteiger charge is -2.05. The fraction of sp³-hybridized carbons (Fsp3) is 0.133. The second-order valence-corrected chi connectivity index (χ2v) is 6.57. The van der Waals surface area contributed by atoms with Crippen LogP contribution >= 0.6 is 39.3 Å². The highest BCUT2D eigenvalue weighted by Crippen LogP contribution is 2.23. The molecule has 20 heavy (non-hydrogen) atoms. The van der Waals surface area contributed by atoms with E-state index in [9.17, 15) is 9.18 Å². The molecule has 0 fully saturated rings. The Hall–Kier alpha value is -0.840. The van der Waals surface area contributed by atoms with Crippen LogP contribution in [0.25, 0.3) is 0 Å². The van der Waals surface area contributed by atoms with Gasteiger partial charge in [-0.05, 0) is 42.0 Å². The molecule has 1 nitrogen and oxygen atoms in total. The van der Waals surface area contributed by atoms with Crippen molar-refractivity contribution >= 4 is 45.1 Å². The second-order valence-electron chi connectivity index (χ2n) is 4.19. The summed E-state index contributed by atoms with van der Waals surface area (Å²) in [5, 5.41) is 0.583. The van der Waals surface area contributed by atoms with Gasteiger partial charge in [0.05, 0.1) is 5.75 Å². The third-order valence-corrected chi connectivity index (χ3v) is 4.53. The molecule has 0 bridgehead atoms. The summed E-state index contributed by atoms with van der Waals surface area (Å²) in [4.78, 5) is 12.8. The van der Waals surface area contributed by atoms with Crippen LogP contribution in [0.1, 0.15) is 5.56 Å². The second kappa shape index (κ2) is 7.25. The van der Waals surface area contributed by atoms with Gasteiger partial charge in [-0.25, -0.2) is 4.39 Å². The van der Waals surface area contributed by atoms with E-state index in [0.29, 0.717) is 17.2 Å². The minimum atomic E-state index is -0.276. The summed E-state index contributed by atoms with van der Waals surface area (Å²) >= 11 is 10.8. The molecule has 0 heterocycles. The fourth-order valence-electron chi connectivity index (χ4n) is 1.62. The van der Waals surface area contributed by atoms with Crippen LogP contribution in [-0.2, 0) is 11.2 Å². The van der Waals surface area contributed by atoms with Crippen LogP contribution in [0.15, 0.2) is 51.8 Å². The molecule has 5 heteroatoms. The first kappa shape index (κ1) is 15.5. The summed E-state index contributed by atoms with van der Waals surface area (Å²) in [5.74, 6) is 0.156. The molecule has 0 atom stereocenters. The highest BCUT2D eigenvalue weighted by atomic mass is 79.9. The molecule has 0 saturated carbocycles. The SMILES string of the molecule is O=C(CSc1ccc(F)cc1)Cc1ccc(Br)cc1Cl. The molecule has 2 aromatic rings. The predicted octanol–water partition coefficient (Wildman–Crippen LogP) is 5.15. The Kier molecular flexibility index (Phi) is 5.64. The van der Waals surface area contributed by atoms with E-state index in [2.05, 4.69) is 15.9 Å². The number of carbonyl (C=O) groups is 1. The average Bonchev–Trinajstić information content (AvgIpc) is 2.41. The molecule has 0 aliphatic heterocycles. The topological polar surface area (TPSA) is 17.1 Å². The molecule has 0 aromatic heterocycles. The van der Waals surface area contributed by atoms with E-state index in [4.69, 9.17) is 11.6 Å². The van der Waals surface area contributed by atoms with E-state index in [1.807, 2.05) is 12.1 Å². The molecule has 0 N–H and O–H groups in total. The zero-order valence-electron chi connectivity index (χ0n) is 10.4. The molecular formula is C15H11BrClFOS. The van der Waals surface area contributed by atoms with Crippen molar-refractivity contribution in [3.8, 4) is 0 Å². The Morgan fingerprint density at radius 3 is 2.55 bits per heavy atom. The molecule has 0 saturated heterocycles. The Labute approximate surface area is 134 Å². The van der Waals surface area contributed by atoms with Crippen molar-refractivity contribution in [2.45, 2.75) is 11.3 Å². The van der Waals surface area contributed by atoms with Crippen molar-refractivity contribution in [2.75, 3.05) is 5.75 Å². The van der Waals surface area contributed by atoms with Crippen molar-refractivity contribution in [2.24, 2.45) is 0 Å². The largest absolute Gasteiger partial charge is 0.298 e. The van der Waals surface area contributed by atoms with Crippen LogP contribution in [0, 0.1) is 5.82 Å². The summed E-state index contributed by atoms with van der Waals surface area (Å²) in [5.41, 5.74) is 0.819. The Bertz CT molecular complexity index is 616. The maximum Gasteiger partial charge on any atom is 0.147 e. The number of halogens is 3. The van der Waals surface area contributed by atoms with Gasteiger partial charge in [-0.1, -0.05) is 33.6 Å². The number of hydrogen-bond donors (Lipinski definition) is 0. The maximum absolute atomic E-state index is 12.8. The van der Waals surface area contributed by atoms with Crippen molar-refractivity contribution in [1.82, 2.24) is 0 Å². The van der Waals surface area contributed by atoms with Gasteiger partial charge in [0, 0.05) is 20.8 Å². The van der Waals surface area contributed by atoms with Gasteiger partial charge >= 0.3 is 0 Å². The zero-order valence-corrected chi connectivity index (χ0v) is 13.6. The van der Waals surface area contributed by atoms with Crippen molar-refractivity contribution in [1.29, 1.82) is 0 Å². The normalized spacial score (nSPS) is 10.6. The lowest BCUT2D eigenvalue weighted by molar-refractivity contribution is -0.116. The Morgan fingerprint density at radius 2 is 1.90 bits per heavy atom. The fourth-order valence-corrected chi connectivity index (χ4v) is 3.12. The zero-order chi connectivity index (χ0) is 14.5. The maximum atomic E-state index is 12.8. The summed E-state index contributed by atoms with van der Waals surface area (Å²) < 4.78 is 13.6. The number of hydrogen-bond acceptors (Lipinski definition) is 2. The molecule has 2 aromatic carbocycles. The van der Waals surface area contributed by atoms with Crippen LogP contribution < -0.4 is 0 Å². The Balaban J connectivity index is 1.90. The van der Waals surface area contributed by atoms with Crippen LogP contribution in [0.4, 0.5) is 4.39 Å². The van der Waals surface area contributed by atoms with Gasteiger partial charge < -0.3 is 0 Å². The third kappa shape index (κ3) is 4.62. The van der Waals surface area contributed by atoms with Gasteiger partial charge in [-0.15, -0.1) is 11.8 Å². The molecule has 0 aliphatic rings. The highest BCUT2D eigenvalue weighted by molar-refractivity contribution is 9.10. The van der Waals surface area contributed by atoms with Crippen LogP contribution in [0.3, 0.4) is 0 Å². The van der Waals surface area contributed by atoms with Crippen molar-refractivity contribution in [3.63, 3.8) is 0 Å². The lowest BCUT2D eigenvalue weighted by atomic mass is 10.1. The van der Waals surface area contributed by atoms with Gasteiger partial charge in [-0.3, -0.25) is 4.79 Å². The van der Waals surface area contributed by atoms with E-state index in [0.717, 1.165) is 14.9 Å². The number of ketones is 1. The van der Waals surface area contributed by atoms with Gasteiger partial charge in [0.2, 0.25) is 0 Å². The van der Waals surface area contributed by atoms with Gasteiger partial charge in [0.15, 0.2) is 0 Å². The number of rotatable bonds is 5. The molecule has 2 rings (SSSR count). The third-order valence-electron chi connectivity index (χ3n) is 2.62. The van der Waals surface area contributed by atoms with Gasteiger partial charge in [-0.2, -0.15) is 0 Å². The molecule has 0 aliphatic carbocycles. The van der Waals surface area contributed by atoms with E-state index in [1.165, 1.54) is 23.9 Å². The summed E-state index contributed by atoms with van der Waals surface area (Å²) in [6.07, 6.45) is 0.306. The minimum absolute atomic E-state index is 0.0866. The first-order valence-electron chi connectivity index (χ1n) is 5.88. The number of thioether (sulfide) groups is 1. The number of Topliss-reactive ketones (excluding diaryl/α,β-unsaturated/α-hetero) is 1. The smallest absolute Gasteiger partial charge is 0.147 e. The van der Waals surface area contributed by atoms with E-state index in [1.54, 1.807) is 18.2 Å². The molecular weight excluding hydrogens is 363 g/mol. The van der Waals surface area contributed by atoms with Crippen LogP contribution in [0.5, 0.6) is 0 Å². The number of benzene rings is 2. The number of carbonyl (C=O) groups excluding carboxylic acids is 1. The lowest BCUT2D eigenvalue weighted by Crippen LogP contribution is -2.06. The molecule has 0 unspecified atom stereocenters. The molecule has 104 valence electrons. The highest BCUT2D eigenvalue weighted by Gasteiger charge is 2.08. The monoisotopic (exact) mass is 372 g/mol. The quantitative estimate of drug-likeness (QED) is 0.675. The molecule has 0 radical (unpaired) electrons. The van der Waals surface area contributed by atoms with Gasteiger partial charge in [0.1, 0.15) is 11.6 Å².